The van der Waals surface area contributed by atoms with Crippen LogP contribution < -0.4 is 9.47 Å². The molecule has 2 heterocycles. The molecular weight excluding hydrogens is 430 g/mol. The molecule has 0 aliphatic carbocycles. The van der Waals surface area contributed by atoms with E-state index in [2.05, 4.69) is 28.7 Å². The molecule has 1 aliphatic rings. The van der Waals surface area contributed by atoms with E-state index < -0.39 is 0 Å². The number of fused-ring (bicyclic) bond motifs is 1. The van der Waals surface area contributed by atoms with Gasteiger partial charge in [-0.15, -0.1) is 0 Å². The van der Waals surface area contributed by atoms with E-state index in [1.54, 1.807) is 23.5 Å². The normalized spacial score (nSPS) is 14.5. The monoisotopic (exact) mass is 459 g/mol. The molecule has 5 rings (SSSR count). The average Bonchev–Trinajstić information content (AvgIpc) is 3.26. The second kappa shape index (κ2) is 9.86. The number of thiophene rings is 1. The van der Waals surface area contributed by atoms with E-state index in [4.69, 9.17) is 9.47 Å². The smallest absolute Gasteiger partial charge is 0.143 e. The first-order valence-electron chi connectivity index (χ1n) is 11.6. The van der Waals surface area contributed by atoms with Crippen molar-refractivity contribution in [2.45, 2.75) is 26.2 Å². The number of hydrogen-bond donors (Lipinski definition) is 1. The summed E-state index contributed by atoms with van der Waals surface area (Å²) in [6.45, 7) is 6.17. The number of benzene rings is 3. The maximum absolute atomic E-state index is 9.94. The molecular formula is C28H29NO3S. The van der Waals surface area contributed by atoms with Crippen LogP contribution in [0.4, 0.5) is 0 Å². The van der Waals surface area contributed by atoms with Gasteiger partial charge in [-0.1, -0.05) is 12.5 Å². The summed E-state index contributed by atoms with van der Waals surface area (Å²) >= 11 is 1.69. The van der Waals surface area contributed by atoms with Crippen molar-refractivity contribution in [3.63, 3.8) is 0 Å². The molecule has 0 atom stereocenters. The maximum atomic E-state index is 9.94. The van der Waals surface area contributed by atoms with Crippen LogP contribution in [0.25, 0.3) is 21.9 Å². The molecule has 0 amide bonds. The van der Waals surface area contributed by atoms with Gasteiger partial charge >= 0.3 is 0 Å². The Bertz CT molecular complexity index is 1230. The summed E-state index contributed by atoms with van der Waals surface area (Å²) in [7, 11) is 0. The fourth-order valence-corrected chi connectivity index (χ4v) is 5.29. The van der Waals surface area contributed by atoms with Crippen LogP contribution in [0.15, 0.2) is 65.4 Å². The van der Waals surface area contributed by atoms with Crippen LogP contribution in [0.1, 0.15) is 24.8 Å². The largest absolute Gasteiger partial charge is 0.508 e. The lowest BCUT2D eigenvalue weighted by molar-refractivity contribution is 0.183. The van der Waals surface area contributed by atoms with Crippen molar-refractivity contribution >= 4 is 22.1 Å². The number of likely N-dealkylation sites (tertiary alicyclic amines) is 1. The lowest BCUT2D eigenvalue weighted by Gasteiger charge is -2.26. The lowest BCUT2D eigenvalue weighted by atomic mass is 9.99. The topological polar surface area (TPSA) is 41.9 Å². The molecule has 1 aromatic heterocycles. The summed E-state index contributed by atoms with van der Waals surface area (Å²) < 4.78 is 12.4. The highest BCUT2D eigenvalue weighted by atomic mass is 32.1. The van der Waals surface area contributed by atoms with Gasteiger partial charge in [-0.05, 0) is 109 Å². The van der Waals surface area contributed by atoms with Gasteiger partial charge in [0.15, 0.2) is 0 Å². The van der Waals surface area contributed by atoms with Crippen LogP contribution in [-0.4, -0.2) is 36.2 Å². The van der Waals surface area contributed by atoms with E-state index in [-0.39, 0.29) is 5.75 Å². The number of phenols is 1. The minimum atomic E-state index is 0.249. The molecule has 33 heavy (non-hydrogen) atoms. The second-order valence-corrected chi connectivity index (χ2v) is 9.38. The SMILES string of the molecule is Cc1cscc1-c1ccc2cc(O)ccc2c1Oc1ccc(OCCN2CCCCC2)cc1. The van der Waals surface area contributed by atoms with Gasteiger partial charge in [0, 0.05) is 17.5 Å². The van der Waals surface area contributed by atoms with Crippen molar-refractivity contribution in [3.05, 3.63) is 70.9 Å². The predicted molar refractivity (Wildman–Crippen MR) is 136 cm³/mol. The zero-order valence-electron chi connectivity index (χ0n) is 18.9. The Labute approximate surface area is 199 Å². The Kier molecular flexibility index (Phi) is 6.51. The number of nitrogens with zero attached hydrogens (tertiary/aromatic N) is 1. The zero-order valence-corrected chi connectivity index (χ0v) is 19.7. The van der Waals surface area contributed by atoms with Crippen molar-refractivity contribution < 1.29 is 14.6 Å². The van der Waals surface area contributed by atoms with Crippen molar-refractivity contribution in [1.82, 2.24) is 4.90 Å². The number of rotatable bonds is 7. The van der Waals surface area contributed by atoms with Crippen molar-refractivity contribution in [1.29, 1.82) is 0 Å². The van der Waals surface area contributed by atoms with Crippen molar-refractivity contribution in [3.8, 4) is 34.1 Å². The minimum absolute atomic E-state index is 0.249. The summed E-state index contributed by atoms with van der Waals surface area (Å²) in [5.74, 6) is 2.66. The molecule has 0 saturated carbocycles. The molecule has 170 valence electrons. The van der Waals surface area contributed by atoms with Gasteiger partial charge in [0.25, 0.3) is 0 Å². The molecule has 5 heteroatoms. The van der Waals surface area contributed by atoms with Gasteiger partial charge in [0.05, 0.1) is 0 Å². The fourth-order valence-electron chi connectivity index (χ4n) is 4.44. The van der Waals surface area contributed by atoms with Gasteiger partial charge < -0.3 is 14.6 Å². The van der Waals surface area contributed by atoms with E-state index in [0.29, 0.717) is 6.61 Å². The number of phenolic OH excluding ortho intramolecular Hbond substituents is 1. The van der Waals surface area contributed by atoms with Crippen molar-refractivity contribution in [2.75, 3.05) is 26.2 Å². The molecule has 4 nitrogen and oxygen atoms in total. The number of aryl methyl sites for hydroxylation is 1. The average molecular weight is 460 g/mol. The van der Waals surface area contributed by atoms with Crippen LogP contribution in [0, 0.1) is 6.92 Å². The Morgan fingerprint density at radius 2 is 1.67 bits per heavy atom. The highest BCUT2D eigenvalue weighted by molar-refractivity contribution is 7.08. The second-order valence-electron chi connectivity index (χ2n) is 8.64. The molecule has 4 aromatic rings. The molecule has 0 unspecified atom stereocenters. The summed E-state index contributed by atoms with van der Waals surface area (Å²) in [4.78, 5) is 2.48. The van der Waals surface area contributed by atoms with Crippen LogP contribution in [0.3, 0.4) is 0 Å². The number of hydrogen-bond acceptors (Lipinski definition) is 5. The quantitative estimate of drug-likeness (QED) is 0.316. The molecule has 0 radical (unpaired) electrons. The van der Waals surface area contributed by atoms with Crippen LogP contribution in [0.5, 0.6) is 23.0 Å². The first kappa shape index (κ1) is 21.8. The predicted octanol–water partition coefficient (Wildman–Crippen LogP) is 7.24. The lowest BCUT2D eigenvalue weighted by Crippen LogP contribution is -2.33. The van der Waals surface area contributed by atoms with Gasteiger partial charge in [-0.3, -0.25) is 4.90 Å². The molecule has 1 N–H and O–H groups in total. The third kappa shape index (κ3) is 5.00. The van der Waals surface area contributed by atoms with E-state index >= 15 is 0 Å². The van der Waals surface area contributed by atoms with Crippen molar-refractivity contribution in [2.24, 2.45) is 0 Å². The first-order chi connectivity index (χ1) is 16.2. The van der Waals surface area contributed by atoms with Gasteiger partial charge in [0.1, 0.15) is 29.6 Å². The Hall–Kier alpha value is -3.02. The summed E-state index contributed by atoms with van der Waals surface area (Å²) in [5.41, 5.74) is 3.44. The number of aromatic hydroxyl groups is 1. The molecule has 0 spiro atoms. The highest BCUT2D eigenvalue weighted by Gasteiger charge is 2.15. The minimum Gasteiger partial charge on any atom is -0.508 e. The Balaban J connectivity index is 1.36. The van der Waals surface area contributed by atoms with E-state index in [0.717, 1.165) is 40.1 Å². The fraction of sp³-hybridized carbons (Fsp3) is 0.286. The van der Waals surface area contributed by atoms with E-state index in [1.807, 2.05) is 36.4 Å². The van der Waals surface area contributed by atoms with Gasteiger partial charge in [-0.2, -0.15) is 11.3 Å². The highest BCUT2D eigenvalue weighted by Crippen LogP contribution is 2.42. The molecule has 0 bridgehead atoms. The third-order valence-electron chi connectivity index (χ3n) is 6.27. The summed E-state index contributed by atoms with van der Waals surface area (Å²) in [5, 5.41) is 16.2. The van der Waals surface area contributed by atoms with Crippen LogP contribution in [0.2, 0.25) is 0 Å². The third-order valence-corrected chi connectivity index (χ3v) is 7.13. The van der Waals surface area contributed by atoms with E-state index in [1.165, 1.54) is 43.5 Å². The Morgan fingerprint density at radius 3 is 2.42 bits per heavy atom. The number of ether oxygens (including phenoxy) is 2. The summed E-state index contributed by atoms with van der Waals surface area (Å²) in [6.07, 6.45) is 3.95. The molecule has 1 aliphatic heterocycles. The molecule has 1 saturated heterocycles. The zero-order chi connectivity index (χ0) is 22.6. The van der Waals surface area contributed by atoms with Crippen LogP contribution >= 0.6 is 11.3 Å². The molecule has 1 fully saturated rings. The van der Waals surface area contributed by atoms with E-state index in [9.17, 15) is 5.11 Å². The standard InChI is InChI=1S/C28H29NO3S/c1-20-18-33-19-27(20)26-11-5-21-17-22(30)6-12-25(21)28(26)32-24-9-7-23(8-10-24)31-16-15-29-13-3-2-4-14-29/h5-12,17-19,30H,2-4,13-16H2,1H3. The summed E-state index contributed by atoms with van der Waals surface area (Å²) in [6, 6.07) is 17.4. The van der Waals surface area contributed by atoms with Crippen LogP contribution in [-0.2, 0) is 0 Å². The maximum Gasteiger partial charge on any atom is 0.143 e. The number of piperidine rings is 1. The van der Waals surface area contributed by atoms with Gasteiger partial charge in [0.2, 0.25) is 0 Å². The Morgan fingerprint density at radius 1 is 0.879 bits per heavy atom. The molecule has 3 aromatic carbocycles. The van der Waals surface area contributed by atoms with Gasteiger partial charge in [-0.25, -0.2) is 0 Å². The first-order valence-corrected chi connectivity index (χ1v) is 12.5.